The third-order valence-electron chi connectivity index (χ3n) is 5.53. The van der Waals surface area contributed by atoms with Crippen LogP contribution in [0.4, 0.5) is 4.39 Å². The maximum absolute atomic E-state index is 14.6. The van der Waals surface area contributed by atoms with Crippen LogP contribution in [0.1, 0.15) is 29.2 Å². The number of fused-ring (bicyclic) bond motifs is 1. The molecule has 1 unspecified atom stereocenters. The fourth-order valence-corrected chi connectivity index (χ4v) is 4.62. The topological polar surface area (TPSA) is 135 Å². The zero-order valence-corrected chi connectivity index (χ0v) is 18.5. The second kappa shape index (κ2) is 8.62. The number of hydrogen-bond acceptors (Lipinski definition) is 5. The first kappa shape index (κ1) is 22.4. The molecule has 11 heteroatoms. The van der Waals surface area contributed by atoms with Gasteiger partial charge in [-0.3, -0.25) is 9.89 Å². The molecule has 8 nitrogen and oxygen atoms in total. The zero-order chi connectivity index (χ0) is 23.0. The number of nitrogens with one attached hydrogen (secondary N) is 1. The molecule has 0 spiro atoms. The quantitative estimate of drug-likeness (QED) is 0.501. The zero-order valence-electron chi connectivity index (χ0n) is 16.9. The van der Waals surface area contributed by atoms with Gasteiger partial charge in [0.1, 0.15) is 5.82 Å². The number of nitrogens with zero attached hydrogens (tertiary/aromatic N) is 2. The Morgan fingerprint density at radius 1 is 1.22 bits per heavy atom. The molecule has 1 atom stereocenters. The van der Waals surface area contributed by atoms with Gasteiger partial charge < -0.3 is 10.6 Å². The largest absolute Gasteiger partial charge is 0.332 e. The number of primary sulfonamides is 1. The predicted molar refractivity (Wildman–Crippen MR) is 117 cm³/mol. The average molecular weight is 478 g/mol. The van der Waals surface area contributed by atoms with Crippen molar-refractivity contribution in [3.8, 4) is 11.3 Å². The molecule has 4 rings (SSSR count). The van der Waals surface area contributed by atoms with Crippen molar-refractivity contribution in [2.75, 3.05) is 6.54 Å². The van der Waals surface area contributed by atoms with Gasteiger partial charge >= 0.3 is 0 Å². The lowest BCUT2D eigenvalue weighted by atomic mass is 9.93. The molecule has 32 heavy (non-hydrogen) atoms. The molecule has 1 aromatic heterocycles. The van der Waals surface area contributed by atoms with E-state index in [1.54, 1.807) is 29.2 Å². The molecule has 2 aromatic carbocycles. The van der Waals surface area contributed by atoms with Crippen molar-refractivity contribution in [1.29, 1.82) is 0 Å². The Labute approximate surface area is 189 Å². The fourth-order valence-electron chi connectivity index (χ4n) is 3.93. The lowest BCUT2D eigenvalue weighted by Gasteiger charge is -2.24. The van der Waals surface area contributed by atoms with Crippen LogP contribution < -0.4 is 10.9 Å². The van der Waals surface area contributed by atoms with E-state index >= 15 is 0 Å². The molecular formula is C21H21ClFN5O3S. The lowest BCUT2D eigenvalue weighted by Crippen LogP contribution is -2.32. The first-order valence-electron chi connectivity index (χ1n) is 9.82. The number of aromatic nitrogens is 2. The number of aromatic amines is 1. The predicted octanol–water partition coefficient (Wildman–Crippen LogP) is 2.49. The number of carbonyl (C=O) groups excluding carboxylic acids is 1. The SMILES string of the molecule is NCCC(C(=O)N1Cc2[nH]nc(-c3ccc(S(N)(=O)=O)cc3)c2C1)c1cccc(Cl)c1F. The highest BCUT2D eigenvalue weighted by Gasteiger charge is 2.34. The summed E-state index contributed by atoms with van der Waals surface area (Å²) < 4.78 is 37.6. The highest BCUT2D eigenvalue weighted by atomic mass is 35.5. The molecule has 0 bridgehead atoms. The molecule has 1 aliphatic heterocycles. The van der Waals surface area contributed by atoms with Crippen molar-refractivity contribution in [3.05, 3.63) is 70.1 Å². The maximum atomic E-state index is 14.6. The molecule has 1 aliphatic rings. The Bertz CT molecular complexity index is 1280. The maximum Gasteiger partial charge on any atom is 0.238 e. The Kier molecular flexibility index (Phi) is 6.04. The van der Waals surface area contributed by atoms with E-state index in [1.807, 2.05) is 0 Å². The van der Waals surface area contributed by atoms with E-state index in [1.165, 1.54) is 18.2 Å². The van der Waals surface area contributed by atoms with E-state index in [-0.39, 0.29) is 40.9 Å². The summed E-state index contributed by atoms with van der Waals surface area (Å²) in [6.07, 6.45) is 0.278. The van der Waals surface area contributed by atoms with Gasteiger partial charge in [0.2, 0.25) is 15.9 Å². The second-order valence-electron chi connectivity index (χ2n) is 7.57. The number of amides is 1. The normalized spacial score (nSPS) is 14.4. The van der Waals surface area contributed by atoms with Gasteiger partial charge in [0.15, 0.2) is 0 Å². The second-order valence-corrected chi connectivity index (χ2v) is 9.53. The number of rotatable bonds is 6. The monoisotopic (exact) mass is 477 g/mol. The Balaban J connectivity index is 1.59. The molecule has 0 radical (unpaired) electrons. The third-order valence-corrected chi connectivity index (χ3v) is 6.75. The van der Waals surface area contributed by atoms with Gasteiger partial charge in [-0.1, -0.05) is 35.9 Å². The van der Waals surface area contributed by atoms with Crippen molar-refractivity contribution < 1.29 is 17.6 Å². The number of hydrogen-bond donors (Lipinski definition) is 3. The molecule has 0 aliphatic carbocycles. The first-order valence-corrected chi connectivity index (χ1v) is 11.7. The van der Waals surface area contributed by atoms with Gasteiger partial charge in [0.25, 0.3) is 0 Å². The van der Waals surface area contributed by atoms with Crippen molar-refractivity contribution in [2.24, 2.45) is 10.9 Å². The van der Waals surface area contributed by atoms with Crippen LogP contribution in [0.2, 0.25) is 5.02 Å². The summed E-state index contributed by atoms with van der Waals surface area (Å²) in [5, 5.41) is 12.4. The molecule has 1 amide bonds. The van der Waals surface area contributed by atoms with Crippen LogP contribution in [0.15, 0.2) is 47.4 Å². The van der Waals surface area contributed by atoms with E-state index in [0.717, 1.165) is 11.3 Å². The van der Waals surface area contributed by atoms with E-state index in [4.69, 9.17) is 22.5 Å². The minimum absolute atomic E-state index is 0.00147. The van der Waals surface area contributed by atoms with Crippen molar-refractivity contribution in [2.45, 2.75) is 30.3 Å². The van der Waals surface area contributed by atoms with Crippen LogP contribution in [0.25, 0.3) is 11.3 Å². The third kappa shape index (κ3) is 4.14. The Morgan fingerprint density at radius 2 is 1.94 bits per heavy atom. The summed E-state index contributed by atoms with van der Waals surface area (Å²) >= 11 is 5.92. The molecule has 0 fully saturated rings. The van der Waals surface area contributed by atoms with Crippen LogP contribution in [-0.2, 0) is 27.9 Å². The minimum Gasteiger partial charge on any atom is -0.332 e. The Hall–Kier alpha value is -2.79. The summed E-state index contributed by atoms with van der Waals surface area (Å²) in [6.45, 7) is 0.782. The highest BCUT2D eigenvalue weighted by Crippen LogP contribution is 2.35. The van der Waals surface area contributed by atoms with Gasteiger partial charge in [-0.15, -0.1) is 0 Å². The van der Waals surface area contributed by atoms with E-state index in [9.17, 15) is 17.6 Å². The van der Waals surface area contributed by atoms with Crippen molar-refractivity contribution >= 4 is 27.5 Å². The number of H-pyrrole nitrogens is 1. The molecule has 2 heterocycles. The summed E-state index contributed by atoms with van der Waals surface area (Å²) in [6, 6.07) is 10.6. The molecular weight excluding hydrogens is 457 g/mol. The Morgan fingerprint density at radius 3 is 2.59 bits per heavy atom. The number of carbonyl (C=O) groups is 1. The minimum atomic E-state index is -3.80. The molecule has 168 valence electrons. The van der Waals surface area contributed by atoms with Crippen LogP contribution in [-0.4, -0.2) is 36.0 Å². The van der Waals surface area contributed by atoms with Gasteiger partial charge in [0, 0.05) is 16.7 Å². The molecule has 5 N–H and O–H groups in total. The van der Waals surface area contributed by atoms with Crippen LogP contribution >= 0.6 is 11.6 Å². The summed E-state index contributed by atoms with van der Waals surface area (Å²) in [5.74, 6) is -1.62. The van der Waals surface area contributed by atoms with E-state index in [0.29, 0.717) is 17.8 Å². The number of nitrogens with two attached hydrogens (primary N) is 2. The van der Waals surface area contributed by atoms with Crippen molar-refractivity contribution in [1.82, 2.24) is 15.1 Å². The summed E-state index contributed by atoms with van der Waals surface area (Å²) in [7, 11) is -3.80. The number of sulfonamides is 1. The van der Waals surface area contributed by atoms with Crippen LogP contribution in [0, 0.1) is 5.82 Å². The standard InChI is InChI=1S/C21H21ClFN5O3S/c22-17-3-1-2-14(19(17)23)15(8-9-24)21(29)28-10-16-18(11-28)26-27-20(16)12-4-6-13(7-5-12)32(25,30)31/h1-7,15H,8-11,24H2,(H,26,27)(H2,25,30,31). The van der Waals surface area contributed by atoms with E-state index in [2.05, 4.69) is 10.2 Å². The highest BCUT2D eigenvalue weighted by molar-refractivity contribution is 7.89. The first-order chi connectivity index (χ1) is 15.2. The van der Waals surface area contributed by atoms with Crippen LogP contribution in [0.5, 0.6) is 0 Å². The average Bonchev–Trinajstić information content (AvgIpc) is 3.34. The molecule has 3 aromatic rings. The summed E-state index contributed by atoms with van der Waals surface area (Å²) in [4.78, 5) is 14.9. The fraction of sp³-hybridized carbons (Fsp3) is 0.238. The van der Waals surface area contributed by atoms with E-state index < -0.39 is 21.8 Å². The van der Waals surface area contributed by atoms with Gasteiger partial charge in [-0.25, -0.2) is 17.9 Å². The lowest BCUT2D eigenvalue weighted by molar-refractivity contribution is -0.133. The van der Waals surface area contributed by atoms with Gasteiger partial charge in [-0.2, -0.15) is 5.10 Å². The number of halogens is 2. The van der Waals surface area contributed by atoms with Crippen molar-refractivity contribution in [3.63, 3.8) is 0 Å². The number of benzene rings is 2. The van der Waals surface area contributed by atoms with Crippen LogP contribution in [0.3, 0.4) is 0 Å². The smallest absolute Gasteiger partial charge is 0.238 e. The molecule has 0 saturated carbocycles. The van der Waals surface area contributed by atoms with Gasteiger partial charge in [-0.05, 0) is 31.2 Å². The van der Waals surface area contributed by atoms with Gasteiger partial charge in [0.05, 0.1) is 40.3 Å². The summed E-state index contributed by atoms with van der Waals surface area (Å²) in [5.41, 5.74) is 8.81. The molecule has 0 saturated heterocycles.